The van der Waals surface area contributed by atoms with Gasteiger partial charge in [0.2, 0.25) is 5.91 Å². The molecule has 1 fully saturated rings. The van der Waals surface area contributed by atoms with E-state index in [1.165, 1.54) is 0 Å². The van der Waals surface area contributed by atoms with Gasteiger partial charge in [-0.25, -0.2) is 4.68 Å². The van der Waals surface area contributed by atoms with Crippen molar-refractivity contribution in [3.05, 3.63) is 35.7 Å². The Morgan fingerprint density at radius 3 is 2.93 bits per heavy atom. The van der Waals surface area contributed by atoms with Crippen LogP contribution < -0.4 is 14.8 Å². The molecule has 0 spiro atoms. The first-order chi connectivity index (χ1) is 14.1. The number of ether oxygens (including phenoxy) is 2. The van der Waals surface area contributed by atoms with Crippen molar-refractivity contribution in [3.8, 4) is 11.5 Å². The number of carbonyl (C=O) groups is 1. The van der Waals surface area contributed by atoms with Crippen molar-refractivity contribution >= 4 is 5.91 Å². The summed E-state index contributed by atoms with van der Waals surface area (Å²) < 4.78 is 12.6. The average Bonchev–Trinajstić information content (AvgIpc) is 3.16. The lowest BCUT2D eigenvalue weighted by atomic mass is 10.00. The summed E-state index contributed by atoms with van der Waals surface area (Å²) in [4.78, 5) is 17.3. The smallest absolute Gasteiger partial charge is 0.242 e. The number of methoxy groups -OCH3 is 1. The zero-order valence-electron chi connectivity index (χ0n) is 17.0. The highest BCUT2D eigenvalue weighted by Gasteiger charge is 2.24. The molecule has 1 atom stereocenters. The minimum Gasteiger partial charge on any atom is -0.497 e. The number of rotatable bonds is 6. The number of fused-ring (bicyclic) bond motifs is 1. The maximum absolute atomic E-state index is 12.6. The molecule has 3 heterocycles. The van der Waals surface area contributed by atoms with Gasteiger partial charge in [0.05, 0.1) is 31.6 Å². The number of hydrogen-bond acceptors (Lipinski definition) is 7. The van der Waals surface area contributed by atoms with Crippen LogP contribution in [0.4, 0.5) is 0 Å². The number of aromatic nitrogens is 3. The lowest BCUT2D eigenvalue weighted by Gasteiger charge is -2.31. The van der Waals surface area contributed by atoms with Crippen LogP contribution in [0.15, 0.2) is 24.4 Å². The van der Waals surface area contributed by atoms with Gasteiger partial charge in [-0.1, -0.05) is 5.21 Å². The number of likely N-dealkylation sites (N-methyl/N-ethyl adjacent to an activating group) is 1. The van der Waals surface area contributed by atoms with Crippen LogP contribution in [0.5, 0.6) is 11.5 Å². The van der Waals surface area contributed by atoms with E-state index in [1.54, 1.807) is 11.8 Å². The SMILES string of the molecule is COc1ccc2c(c1)C(NC(=O)Cn1cc(CN3CCN(C)CC3)nn1)CCO2. The standard InChI is InChI=1S/C20H28N6O3/c1-24-6-8-25(9-7-24)12-15-13-26(23-22-15)14-20(27)21-18-5-10-29-19-4-3-16(28-2)11-17(18)19/h3-4,11,13,18H,5-10,12,14H2,1-2H3,(H,21,27). The van der Waals surface area contributed by atoms with Gasteiger partial charge in [0, 0.05) is 44.7 Å². The van der Waals surface area contributed by atoms with Gasteiger partial charge in [-0.3, -0.25) is 9.69 Å². The van der Waals surface area contributed by atoms with Gasteiger partial charge < -0.3 is 19.7 Å². The first kappa shape index (κ1) is 19.7. The van der Waals surface area contributed by atoms with Gasteiger partial charge >= 0.3 is 0 Å². The van der Waals surface area contributed by atoms with Crippen LogP contribution in [0.25, 0.3) is 0 Å². The topological polar surface area (TPSA) is 84.8 Å². The van der Waals surface area contributed by atoms with Crippen LogP contribution in [-0.2, 0) is 17.9 Å². The monoisotopic (exact) mass is 400 g/mol. The Morgan fingerprint density at radius 1 is 1.31 bits per heavy atom. The fraction of sp³-hybridized carbons (Fsp3) is 0.550. The number of hydrogen-bond donors (Lipinski definition) is 1. The second-order valence-corrected chi connectivity index (χ2v) is 7.65. The third kappa shape index (κ3) is 4.86. The fourth-order valence-electron chi connectivity index (χ4n) is 3.76. The summed E-state index contributed by atoms with van der Waals surface area (Å²) >= 11 is 0. The first-order valence-corrected chi connectivity index (χ1v) is 10.0. The Morgan fingerprint density at radius 2 is 2.14 bits per heavy atom. The number of nitrogens with one attached hydrogen (secondary N) is 1. The summed E-state index contributed by atoms with van der Waals surface area (Å²) in [5, 5.41) is 11.4. The maximum atomic E-state index is 12.6. The molecule has 1 N–H and O–H groups in total. The highest BCUT2D eigenvalue weighted by atomic mass is 16.5. The van der Waals surface area contributed by atoms with Crippen molar-refractivity contribution in [1.29, 1.82) is 0 Å². The third-order valence-corrected chi connectivity index (χ3v) is 5.46. The van der Waals surface area contributed by atoms with E-state index in [1.807, 2.05) is 24.4 Å². The summed E-state index contributed by atoms with van der Waals surface area (Å²) in [6.45, 7) is 5.66. The van der Waals surface area contributed by atoms with Crippen molar-refractivity contribution in [3.63, 3.8) is 0 Å². The Kier molecular flexibility index (Phi) is 5.96. The second-order valence-electron chi connectivity index (χ2n) is 7.65. The molecule has 0 saturated carbocycles. The van der Waals surface area contributed by atoms with Gasteiger partial charge in [0.1, 0.15) is 18.0 Å². The predicted molar refractivity (Wildman–Crippen MR) is 107 cm³/mol. The van der Waals surface area contributed by atoms with Gasteiger partial charge in [0.15, 0.2) is 0 Å². The van der Waals surface area contributed by atoms with E-state index >= 15 is 0 Å². The van der Waals surface area contributed by atoms with Crippen LogP contribution >= 0.6 is 0 Å². The second kappa shape index (κ2) is 8.79. The molecule has 4 rings (SSSR count). The molecule has 0 radical (unpaired) electrons. The highest BCUT2D eigenvalue weighted by molar-refractivity contribution is 5.76. The van der Waals surface area contributed by atoms with Crippen molar-refractivity contribution in [2.75, 3.05) is 46.9 Å². The van der Waals surface area contributed by atoms with E-state index in [0.29, 0.717) is 6.61 Å². The molecule has 1 aromatic carbocycles. The minimum absolute atomic E-state index is 0.0956. The number of nitrogens with zero attached hydrogens (tertiary/aromatic N) is 5. The molecule has 0 aliphatic carbocycles. The van der Waals surface area contributed by atoms with Crippen molar-refractivity contribution in [1.82, 2.24) is 30.1 Å². The molecule has 9 nitrogen and oxygen atoms in total. The van der Waals surface area contributed by atoms with Gasteiger partial charge in [-0.2, -0.15) is 0 Å². The van der Waals surface area contributed by atoms with E-state index in [4.69, 9.17) is 9.47 Å². The van der Waals surface area contributed by atoms with Crippen LogP contribution in [0.3, 0.4) is 0 Å². The molecule has 1 aromatic heterocycles. The van der Waals surface area contributed by atoms with Crippen LogP contribution in [0.1, 0.15) is 23.7 Å². The van der Waals surface area contributed by atoms with Crippen molar-refractivity contribution < 1.29 is 14.3 Å². The molecular formula is C20H28N6O3. The van der Waals surface area contributed by atoms with E-state index in [0.717, 1.165) is 61.9 Å². The van der Waals surface area contributed by atoms with E-state index < -0.39 is 0 Å². The molecule has 9 heteroatoms. The Hall–Kier alpha value is -2.65. The summed E-state index contributed by atoms with van der Waals surface area (Å²) in [6, 6.07) is 5.56. The summed E-state index contributed by atoms with van der Waals surface area (Å²) in [6.07, 6.45) is 2.58. The molecular weight excluding hydrogens is 372 g/mol. The quantitative estimate of drug-likeness (QED) is 0.763. The maximum Gasteiger partial charge on any atom is 0.242 e. The molecule has 1 amide bonds. The molecule has 29 heavy (non-hydrogen) atoms. The minimum atomic E-state index is -0.102. The van der Waals surface area contributed by atoms with Gasteiger partial charge in [-0.15, -0.1) is 5.10 Å². The largest absolute Gasteiger partial charge is 0.497 e. The molecule has 2 aromatic rings. The molecule has 1 unspecified atom stereocenters. The van der Waals surface area contributed by atoms with E-state index in [2.05, 4.69) is 32.5 Å². The molecule has 1 saturated heterocycles. The summed E-state index contributed by atoms with van der Waals surface area (Å²) in [7, 11) is 3.77. The first-order valence-electron chi connectivity index (χ1n) is 10.0. The molecule has 156 valence electrons. The summed E-state index contributed by atoms with van der Waals surface area (Å²) in [5.74, 6) is 1.44. The summed E-state index contributed by atoms with van der Waals surface area (Å²) in [5.41, 5.74) is 1.83. The van der Waals surface area contributed by atoms with E-state index in [9.17, 15) is 4.79 Å². The van der Waals surface area contributed by atoms with Crippen LogP contribution in [0, 0.1) is 0 Å². The van der Waals surface area contributed by atoms with Gasteiger partial charge in [-0.05, 0) is 25.2 Å². The normalized spacial score (nSPS) is 20.0. The zero-order valence-corrected chi connectivity index (χ0v) is 17.0. The number of benzene rings is 1. The molecule has 2 aliphatic heterocycles. The highest BCUT2D eigenvalue weighted by Crippen LogP contribution is 2.34. The molecule has 0 bridgehead atoms. The lowest BCUT2D eigenvalue weighted by molar-refractivity contribution is -0.122. The zero-order chi connectivity index (χ0) is 20.2. The Balaban J connectivity index is 1.33. The lowest BCUT2D eigenvalue weighted by Crippen LogP contribution is -2.43. The molecule has 2 aliphatic rings. The van der Waals surface area contributed by atoms with Gasteiger partial charge in [0.25, 0.3) is 0 Å². The van der Waals surface area contributed by atoms with Crippen LogP contribution in [-0.4, -0.2) is 77.6 Å². The number of amides is 1. The van der Waals surface area contributed by atoms with E-state index in [-0.39, 0.29) is 18.5 Å². The number of piperazine rings is 1. The van der Waals surface area contributed by atoms with Crippen LogP contribution in [0.2, 0.25) is 0 Å². The fourth-order valence-corrected chi connectivity index (χ4v) is 3.76. The Bertz CT molecular complexity index is 846. The van der Waals surface area contributed by atoms with Crippen molar-refractivity contribution in [2.24, 2.45) is 0 Å². The number of carbonyl (C=O) groups excluding carboxylic acids is 1. The Labute approximate surface area is 170 Å². The predicted octanol–water partition coefficient (Wildman–Crippen LogP) is 0.674. The third-order valence-electron chi connectivity index (χ3n) is 5.46. The van der Waals surface area contributed by atoms with Crippen molar-refractivity contribution in [2.45, 2.75) is 25.6 Å². The average molecular weight is 400 g/mol.